The molecule has 3 aromatic rings. The van der Waals surface area contributed by atoms with E-state index < -0.39 is 32.4 Å². The second kappa shape index (κ2) is 11.4. The minimum absolute atomic E-state index is 0. The Kier molecular flexibility index (Phi) is 9.26. The number of cyclic esters (lactones) is 1. The van der Waals surface area contributed by atoms with E-state index in [0.717, 1.165) is 22.0 Å². The van der Waals surface area contributed by atoms with Crippen molar-refractivity contribution in [1.29, 1.82) is 0 Å². The summed E-state index contributed by atoms with van der Waals surface area (Å²) in [6, 6.07) is 10.1. The molecule has 3 heterocycles. The number of halogens is 1. The Bertz CT molecular complexity index is 1260. The number of phosphoric ester groups is 1. The van der Waals surface area contributed by atoms with E-state index in [1.165, 1.54) is 6.07 Å². The summed E-state index contributed by atoms with van der Waals surface area (Å²) in [7, 11) is -5.18. The van der Waals surface area contributed by atoms with Crippen LogP contribution in [0, 0.1) is 5.82 Å². The molecular weight excluding hydrogens is 500 g/mol. The average Bonchev–Trinajstić information content (AvgIpc) is 3.50. The number of aromatic nitrogens is 2. The van der Waals surface area contributed by atoms with Gasteiger partial charge in [-0.25, -0.2) is 14.2 Å². The molecule has 0 saturated carbocycles. The van der Waals surface area contributed by atoms with E-state index in [4.69, 9.17) is 4.74 Å². The van der Waals surface area contributed by atoms with Gasteiger partial charge in [0.05, 0.1) is 26.7 Å². The van der Waals surface area contributed by atoms with Crippen molar-refractivity contribution in [3.63, 3.8) is 0 Å². The van der Waals surface area contributed by atoms with Crippen molar-refractivity contribution in [3.8, 4) is 11.1 Å². The average molecular weight is 518 g/mol. The van der Waals surface area contributed by atoms with E-state index in [1.54, 1.807) is 24.5 Å². The number of benzene rings is 2. The minimum atomic E-state index is -5.18. The first-order valence-corrected chi connectivity index (χ1v) is 11.5. The van der Waals surface area contributed by atoms with E-state index in [9.17, 15) is 19.1 Å². The van der Waals surface area contributed by atoms with Crippen LogP contribution in [0.25, 0.3) is 11.1 Å². The number of aromatic amines is 1. The van der Waals surface area contributed by atoms with Crippen LogP contribution in [0.3, 0.4) is 0 Å². The summed E-state index contributed by atoms with van der Waals surface area (Å²) in [4.78, 5) is 44.0. The number of hydrogen-bond donors (Lipinski definition) is 1. The summed E-state index contributed by atoms with van der Waals surface area (Å²) >= 11 is 0. The molecule has 2 aromatic carbocycles. The Hall–Kier alpha value is -1.24. The number of nitrogens with one attached hydrogen (secondary N) is 1. The number of imidazole rings is 1. The molecule has 2 aliphatic rings. The molecule has 0 aliphatic carbocycles. The molecule has 0 radical (unpaired) electrons. The zero-order valence-corrected chi connectivity index (χ0v) is 24.0. The zero-order valence-electron chi connectivity index (χ0n) is 19.1. The quantitative estimate of drug-likeness (QED) is 0.257. The van der Waals surface area contributed by atoms with Gasteiger partial charge in [-0.3, -0.25) is 4.90 Å². The summed E-state index contributed by atoms with van der Waals surface area (Å²) in [6.07, 6.45) is 1.72. The summed E-state index contributed by atoms with van der Waals surface area (Å²) in [5.41, 5.74) is 3.55. The Morgan fingerprint density at radius 2 is 1.94 bits per heavy atom. The van der Waals surface area contributed by atoms with Crippen molar-refractivity contribution in [2.24, 2.45) is 0 Å². The fourth-order valence-electron chi connectivity index (χ4n) is 4.04. The summed E-state index contributed by atoms with van der Waals surface area (Å²) in [6.45, 7) is 0.704. The van der Waals surface area contributed by atoms with Crippen molar-refractivity contribution in [2.45, 2.75) is 19.2 Å². The van der Waals surface area contributed by atoms with Gasteiger partial charge in [-0.1, -0.05) is 12.1 Å². The Labute approximate surface area is 244 Å². The van der Waals surface area contributed by atoms with Crippen molar-refractivity contribution in [1.82, 2.24) is 9.97 Å². The number of hydrogen-bond acceptors (Lipinski definition) is 8. The molecule has 1 saturated heterocycles. The predicted molar refractivity (Wildman–Crippen MR) is 111 cm³/mol. The number of carbonyl (C=O) groups is 1. The number of nitrogens with zero attached hydrogens (tertiary/aromatic N) is 3. The number of H-pyrrole nitrogens is 1. The van der Waals surface area contributed by atoms with Crippen LogP contribution < -0.4 is 78.7 Å². The van der Waals surface area contributed by atoms with Crippen molar-refractivity contribution in [3.05, 3.63) is 65.7 Å². The van der Waals surface area contributed by atoms with E-state index in [1.807, 2.05) is 18.2 Å². The van der Waals surface area contributed by atoms with E-state index in [0.29, 0.717) is 24.2 Å². The molecular formula is C21H18FN4Na2O6P. The summed E-state index contributed by atoms with van der Waals surface area (Å²) in [5.74, 6) is 0.252. The second-order valence-electron chi connectivity index (χ2n) is 7.78. The first-order chi connectivity index (χ1) is 15.8. The van der Waals surface area contributed by atoms with Gasteiger partial charge >= 0.3 is 65.2 Å². The van der Waals surface area contributed by atoms with Gasteiger partial charge in [0.15, 0.2) is 0 Å². The van der Waals surface area contributed by atoms with E-state index in [2.05, 4.69) is 19.4 Å². The van der Waals surface area contributed by atoms with Gasteiger partial charge in [0.25, 0.3) is 0 Å². The first-order valence-electron chi connectivity index (χ1n) is 10.1. The molecule has 172 valence electrons. The largest absolute Gasteiger partial charge is 1.00 e. The molecule has 5 rings (SSSR count). The fraction of sp³-hybridized carbons (Fsp3) is 0.238. The predicted octanol–water partition coefficient (Wildman–Crippen LogP) is -4.09. The van der Waals surface area contributed by atoms with Crippen LogP contribution in [-0.2, 0) is 26.9 Å². The summed E-state index contributed by atoms with van der Waals surface area (Å²) < 4.78 is 34.8. The molecule has 0 unspecified atom stereocenters. The fourth-order valence-corrected chi connectivity index (χ4v) is 4.39. The Morgan fingerprint density at radius 1 is 1.17 bits per heavy atom. The second-order valence-corrected chi connectivity index (χ2v) is 8.93. The standard InChI is InChI=1S/C21H20FN4O6P.2Na/c22-19-8-16(26-11-17(32-21(26)27)12-31-33(28,29)30)3-4-18(19)13-1-2-14-9-25(10-15(14)7-13)20-23-5-6-24-20;;/h1-8,17H,9-12H2,(H,23,24)(H2,28,29,30);;/q;2*+1/p-2/t17-;;/m1../s1. The molecule has 10 nitrogen and oxygen atoms in total. The maximum absolute atomic E-state index is 15.0. The maximum Gasteiger partial charge on any atom is 1.00 e. The van der Waals surface area contributed by atoms with E-state index in [-0.39, 0.29) is 71.3 Å². The monoisotopic (exact) mass is 518 g/mol. The Morgan fingerprint density at radius 3 is 2.63 bits per heavy atom. The van der Waals surface area contributed by atoms with Crippen molar-refractivity contribution < 1.29 is 91.9 Å². The maximum atomic E-state index is 15.0. The van der Waals surface area contributed by atoms with Gasteiger partial charge in [0, 0.05) is 31.0 Å². The molecule has 0 spiro atoms. The molecule has 0 bridgehead atoms. The molecule has 35 heavy (non-hydrogen) atoms. The number of anilines is 2. The molecule has 14 heteroatoms. The smallest absolute Gasteiger partial charge is 0.790 e. The van der Waals surface area contributed by atoms with Crippen molar-refractivity contribution in [2.75, 3.05) is 23.0 Å². The van der Waals surface area contributed by atoms with Gasteiger partial charge in [0.2, 0.25) is 5.95 Å². The van der Waals surface area contributed by atoms with Crippen molar-refractivity contribution >= 4 is 25.6 Å². The number of amides is 1. The first kappa shape index (κ1) is 28.3. The SMILES string of the molecule is O=C1O[C@@H](COP(=O)([O-])[O-])CN1c1ccc(-c2ccc3c(c2)CN(c2ncc[nH]2)C3)c(F)c1.[Na+].[Na+]. The number of fused-ring (bicyclic) bond motifs is 1. The van der Waals surface area contributed by atoms with Crippen LogP contribution in [-0.4, -0.2) is 35.3 Å². The third kappa shape index (κ3) is 6.37. The van der Waals surface area contributed by atoms with Crippen LogP contribution in [0.4, 0.5) is 20.8 Å². The third-order valence-corrected chi connectivity index (χ3v) is 6.05. The molecule has 1 N–H and O–H groups in total. The van der Waals surface area contributed by atoms with Gasteiger partial charge < -0.3 is 33.5 Å². The number of phosphoric acid groups is 1. The van der Waals surface area contributed by atoms with E-state index >= 15 is 4.39 Å². The van der Waals surface area contributed by atoms with Crippen LogP contribution in [0.1, 0.15) is 11.1 Å². The Balaban J connectivity index is 0.00000171. The van der Waals surface area contributed by atoms with Gasteiger partial charge in [-0.05, 0) is 41.0 Å². The van der Waals surface area contributed by atoms with Crippen LogP contribution in [0.2, 0.25) is 0 Å². The third-order valence-electron chi connectivity index (χ3n) is 5.58. The number of carbonyl (C=O) groups excluding carboxylic acids is 1. The normalized spacial score (nSPS) is 17.0. The van der Waals surface area contributed by atoms with Gasteiger partial charge in [0.1, 0.15) is 11.9 Å². The van der Waals surface area contributed by atoms with Gasteiger partial charge in [-0.15, -0.1) is 0 Å². The molecule has 2 aliphatic heterocycles. The molecule has 1 atom stereocenters. The topological polar surface area (TPSA) is 134 Å². The van der Waals surface area contributed by atoms with Gasteiger partial charge in [-0.2, -0.15) is 0 Å². The number of ether oxygens (including phenoxy) is 1. The van der Waals surface area contributed by atoms with Crippen LogP contribution >= 0.6 is 7.82 Å². The van der Waals surface area contributed by atoms with Crippen LogP contribution in [0.5, 0.6) is 0 Å². The molecule has 1 aromatic heterocycles. The zero-order chi connectivity index (χ0) is 23.2. The van der Waals surface area contributed by atoms with Crippen LogP contribution in [0.15, 0.2) is 48.8 Å². The minimum Gasteiger partial charge on any atom is -0.790 e. The number of rotatable bonds is 6. The summed E-state index contributed by atoms with van der Waals surface area (Å²) in [5, 5.41) is 0. The molecule has 1 fully saturated rings. The molecule has 1 amide bonds.